The molecular weight excluding hydrogens is 284 g/mol. The molecule has 0 aliphatic heterocycles. The summed E-state index contributed by atoms with van der Waals surface area (Å²) in [5, 5.41) is 8.46. The van der Waals surface area contributed by atoms with Crippen LogP contribution in [0.2, 0.25) is 0 Å². The summed E-state index contributed by atoms with van der Waals surface area (Å²) in [5.41, 5.74) is 0. The summed E-state index contributed by atoms with van der Waals surface area (Å²) >= 11 is 0. The first-order valence-electron chi connectivity index (χ1n) is 10.0. The van der Waals surface area contributed by atoms with Crippen LogP contribution < -0.4 is 0 Å². The van der Waals surface area contributed by atoms with E-state index in [4.69, 9.17) is 5.11 Å². The molecule has 0 bridgehead atoms. The fourth-order valence-corrected chi connectivity index (χ4v) is 2.94. The van der Waals surface area contributed by atoms with Gasteiger partial charge >= 0.3 is 5.97 Å². The van der Waals surface area contributed by atoms with Gasteiger partial charge in [0.25, 0.3) is 0 Å². The van der Waals surface area contributed by atoms with Crippen molar-refractivity contribution in [2.24, 2.45) is 5.92 Å². The van der Waals surface area contributed by atoms with E-state index in [-0.39, 0.29) is 0 Å². The number of aliphatic carboxylic acids is 1. The van der Waals surface area contributed by atoms with Crippen LogP contribution in [0.25, 0.3) is 0 Å². The molecule has 2 heteroatoms. The lowest BCUT2D eigenvalue weighted by molar-refractivity contribution is -0.131. The Balaban J connectivity index is 3.04. The molecule has 0 saturated heterocycles. The Labute approximate surface area is 144 Å². The Bertz CT molecular complexity index is 282. The molecule has 0 aromatic rings. The minimum absolute atomic E-state index is 0.833. The maximum atomic E-state index is 10.3. The van der Waals surface area contributed by atoms with Crippen LogP contribution in [0.15, 0.2) is 12.2 Å². The number of unbranched alkanes of at least 4 members (excludes halogenated alkanes) is 13. The highest BCUT2D eigenvalue weighted by Crippen LogP contribution is 2.14. The highest BCUT2D eigenvalue weighted by atomic mass is 16.4. The average molecular weight is 325 g/mol. The number of allylic oxidation sites excluding steroid dienone is 1. The molecule has 0 aliphatic rings. The molecule has 0 rings (SSSR count). The number of rotatable bonds is 17. The number of carbonyl (C=O) groups is 1. The van der Waals surface area contributed by atoms with E-state index in [0.717, 1.165) is 18.8 Å². The second-order valence-corrected chi connectivity index (χ2v) is 7.31. The fourth-order valence-electron chi connectivity index (χ4n) is 2.94. The molecule has 23 heavy (non-hydrogen) atoms. The van der Waals surface area contributed by atoms with Crippen molar-refractivity contribution in [2.75, 3.05) is 0 Å². The van der Waals surface area contributed by atoms with E-state index in [1.807, 2.05) is 0 Å². The first kappa shape index (κ1) is 22.2. The minimum atomic E-state index is -0.833. The van der Waals surface area contributed by atoms with Crippen LogP contribution in [0.5, 0.6) is 0 Å². The van der Waals surface area contributed by atoms with Crippen LogP contribution >= 0.6 is 0 Å². The molecule has 2 nitrogen and oxygen atoms in total. The third-order valence-electron chi connectivity index (χ3n) is 4.41. The third kappa shape index (κ3) is 21.2. The molecule has 0 aromatic heterocycles. The Morgan fingerprint density at radius 2 is 1.13 bits per heavy atom. The SMILES string of the molecule is CC(C)CCCCCCCCCCCCCCCC=CC(=O)O. The van der Waals surface area contributed by atoms with Gasteiger partial charge < -0.3 is 5.11 Å². The van der Waals surface area contributed by atoms with Crippen molar-refractivity contribution in [2.45, 2.75) is 110 Å². The zero-order valence-electron chi connectivity index (χ0n) is 15.7. The van der Waals surface area contributed by atoms with Crippen LogP contribution in [0.1, 0.15) is 110 Å². The van der Waals surface area contributed by atoms with Crippen LogP contribution in [0.3, 0.4) is 0 Å². The van der Waals surface area contributed by atoms with Crippen LogP contribution in [0, 0.1) is 5.92 Å². The Hall–Kier alpha value is -0.790. The predicted octanol–water partition coefficient (Wildman–Crippen LogP) is 7.13. The van der Waals surface area contributed by atoms with Crippen molar-refractivity contribution < 1.29 is 9.90 Å². The standard InChI is InChI=1S/C21H40O2/c1-20(2)18-16-14-12-10-8-6-4-3-5-7-9-11-13-15-17-19-21(22)23/h17,19-20H,3-16,18H2,1-2H3,(H,22,23). The van der Waals surface area contributed by atoms with E-state index in [2.05, 4.69) is 13.8 Å². The second kappa shape index (κ2) is 17.6. The normalized spacial score (nSPS) is 11.6. The molecule has 1 N–H and O–H groups in total. The van der Waals surface area contributed by atoms with Crippen molar-refractivity contribution in [3.8, 4) is 0 Å². The van der Waals surface area contributed by atoms with Crippen molar-refractivity contribution in [3.05, 3.63) is 12.2 Å². The van der Waals surface area contributed by atoms with Gasteiger partial charge in [-0.1, -0.05) is 103 Å². The number of hydrogen-bond acceptors (Lipinski definition) is 1. The molecule has 0 amide bonds. The lowest BCUT2D eigenvalue weighted by Crippen LogP contribution is -1.87. The molecule has 0 saturated carbocycles. The van der Waals surface area contributed by atoms with E-state index < -0.39 is 5.97 Å². The average Bonchev–Trinajstić information content (AvgIpc) is 2.49. The quantitative estimate of drug-likeness (QED) is 0.228. The summed E-state index contributed by atoms with van der Waals surface area (Å²) < 4.78 is 0. The molecule has 0 fully saturated rings. The molecule has 0 aromatic carbocycles. The van der Waals surface area contributed by atoms with Gasteiger partial charge in [0.15, 0.2) is 0 Å². The zero-order valence-corrected chi connectivity index (χ0v) is 15.7. The smallest absolute Gasteiger partial charge is 0.327 e. The first-order chi connectivity index (χ1) is 11.1. The summed E-state index contributed by atoms with van der Waals surface area (Å²) in [6, 6.07) is 0. The van der Waals surface area contributed by atoms with Gasteiger partial charge in [0.2, 0.25) is 0 Å². The monoisotopic (exact) mass is 324 g/mol. The van der Waals surface area contributed by atoms with Gasteiger partial charge in [-0.25, -0.2) is 4.79 Å². The maximum Gasteiger partial charge on any atom is 0.327 e. The lowest BCUT2D eigenvalue weighted by atomic mass is 10.0. The van der Waals surface area contributed by atoms with Crippen molar-refractivity contribution in [3.63, 3.8) is 0 Å². The van der Waals surface area contributed by atoms with E-state index in [1.165, 1.54) is 89.5 Å². The van der Waals surface area contributed by atoms with Crippen LogP contribution in [-0.2, 0) is 4.79 Å². The van der Waals surface area contributed by atoms with Gasteiger partial charge in [0.05, 0.1) is 0 Å². The Morgan fingerprint density at radius 1 is 0.739 bits per heavy atom. The zero-order chi connectivity index (χ0) is 17.2. The van der Waals surface area contributed by atoms with Crippen LogP contribution in [-0.4, -0.2) is 11.1 Å². The molecular formula is C21H40O2. The van der Waals surface area contributed by atoms with Gasteiger partial charge in [-0.3, -0.25) is 0 Å². The molecule has 0 heterocycles. The van der Waals surface area contributed by atoms with E-state index in [1.54, 1.807) is 6.08 Å². The minimum Gasteiger partial charge on any atom is -0.478 e. The summed E-state index contributed by atoms with van der Waals surface area (Å²) in [6.07, 6.45) is 23.1. The molecule has 0 radical (unpaired) electrons. The maximum absolute atomic E-state index is 10.3. The van der Waals surface area contributed by atoms with Gasteiger partial charge in [-0.15, -0.1) is 0 Å². The topological polar surface area (TPSA) is 37.3 Å². The summed E-state index contributed by atoms with van der Waals surface area (Å²) in [4.78, 5) is 10.3. The highest BCUT2D eigenvalue weighted by Gasteiger charge is 1.96. The number of hydrogen-bond donors (Lipinski definition) is 1. The summed E-state index contributed by atoms with van der Waals surface area (Å²) in [5.74, 6) is 0.0387. The van der Waals surface area contributed by atoms with Crippen molar-refractivity contribution in [1.29, 1.82) is 0 Å². The van der Waals surface area contributed by atoms with Gasteiger partial charge in [-0.2, -0.15) is 0 Å². The highest BCUT2D eigenvalue weighted by molar-refractivity contribution is 5.79. The molecule has 0 spiro atoms. The van der Waals surface area contributed by atoms with Crippen LogP contribution in [0.4, 0.5) is 0 Å². The summed E-state index contributed by atoms with van der Waals surface area (Å²) in [7, 11) is 0. The summed E-state index contributed by atoms with van der Waals surface area (Å²) in [6.45, 7) is 4.63. The number of carboxylic acids is 1. The first-order valence-corrected chi connectivity index (χ1v) is 10.0. The largest absolute Gasteiger partial charge is 0.478 e. The molecule has 0 unspecified atom stereocenters. The Kier molecular flexibility index (Phi) is 17.0. The second-order valence-electron chi connectivity index (χ2n) is 7.31. The van der Waals surface area contributed by atoms with Gasteiger partial charge in [0.1, 0.15) is 0 Å². The molecule has 0 aliphatic carbocycles. The lowest BCUT2D eigenvalue weighted by Gasteiger charge is -2.04. The Morgan fingerprint density at radius 3 is 1.52 bits per heavy atom. The van der Waals surface area contributed by atoms with Gasteiger partial charge in [-0.05, 0) is 18.8 Å². The molecule has 136 valence electrons. The van der Waals surface area contributed by atoms with Crippen molar-refractivity contribution >= 4 is 5.97 Å². The predicted molar refractivity (Wildman–Crippen MR) is 101 cm³/mol. The van der Waals surface area contributed by atoms with E-state index in [9.17, 15) is 4.79 Å². The van der Waals surface area contributed by atoms with E-state index >= 15 is 0 Å². The van der Waals surface area contributed by atoms with E-state index in [0.29, 0.717) is 0 Å². The number of carboxylic acid groups (broad SMARTS) is 1. The van der Waals surface area contributed by atoms with Crippen molar-refractivity contribution in [1.82, 2.24) is 0 Å². The molecule has 0 atom stereocenters. The third-order valence-corrected chi connectivity index (χ3v) is 4.41. The fraction of sp³-hybridized carbons (Fsp3) is 0.857. The van der Waals surface area contributed by atoms with Gasteiger partial charge in [0, 0.05) is 6.08 Å².